The minimum atomic E-state index is -0.164. The van der Waals surface area contributed by atoms with E-state index in [0.29, 0.717) is 23.2 Å². The van der Waals surface area contributed by atoms with Gasteiger partial charge >= 0.3 is 0 Å². The Balaban J connectivity index is 1.39. The van der Waals surface area contributed by atoms with Crippen molar-refractivity contribution in [1.29, 1.82) is 0 Å². The summed E-state index contributed by atoms with van der Waals surface area (Å²) in [5, 5.41) is 10.4. The number of hydrogen-bond donors (Lipinski definition) is 1. The number of allylic oxidation sites excluding steroid dienone is 3. The van der Waals surface area contributed by atoms with Gasteiger partial charge in [0.15, 0.2) is 0 Å². The number of fused-ring (bicyclic) bond motifs is 4. The summed E-state index contributed by atoms with van der Waals surface area (Å²) in [4.78, 5) is 0. The van der Waals surface area contributed by atoms with Crippen molar-refractivity contribution >= 4 is 0 Å². The second-order valence-electron chi connectivity index (χ2n) is 12.8. The van der Waals surface area contributed by atoms with Crippen molar-refractivity contribution in [2.24, 2.45) is 46.3 Å². The molecule has 4 fully saturated rings. The lowest BCUT2D eigenvalue weighted by molar-refractivity contribution is -0.0527. The Bertz CT molecular complexity index is 767. The molecule has 5 aliphatic rings. The fraction of sp³-hybridized carbons (Fsp3) is 0.862. The van der Waals surface area contributed by atoms with E-state index in [-0.39, 0.29) is 23.2 Å². The molecule has 3 saturated carbocycles. The number of rotatable bonds is 5. The van der Waals surface area contributed by atoms with Gasteiger partial charge in [0.05, 0.1) is 6.10 Å². The summed E-state index contributed by atoms with van der Waals surface area (Å²) in [5.74, 6) is 4.33. The third-order valence-electron chi connectivity index (χ3n) is 11.2. The normalized spacial score (nSPS) is 50.3. The summed E-state index contributed by atoms with van der Waals surface area (Å²) in [5.41, 5.74) is 2.38. The smallest absolute Gasteiger partial charge is 0.107 e. The maximum atomic E-state index is 10.4. The first kappa shape index (κ1) is 22.2. The monoisotopic (exact) mass is 426 g/mol. The molecule has 4 aliphatic carbocycles. The van der Waals surface area contributed by atoms with E-state index < -0.39 is 0 Å². The van der Waals surface area contributed by atoms with Crippen LogP contribution in [0, 0.1) is 46.3 Å². The Morgan fingerprint density at radius 2 is 1.84 bits per heavy atom. The van der Waals surface area contributed by atoms with Gasteiger partial charge < -0.3 is 9.84 Å². The van der Waals surface area contributed by atoms with Crippen LogP contribution in [-0.2, 0) is 4.74 Å². The fourth-order valence-corrected chi connectivity index (χ4v) is 9.09. The quantitative estimate of drug-likeness (QED) is 0.382. The number of ether oxygens (including phenoxy) is 1. The molecule has 10 atom stereocenters. The molecule has 1 N–H and O–H groups in total. The van der Waals surface area contributed by atoms with Gasteiger partial charge in [-0.3, -0.25) is 0 Å². The molecule has 174 valence electrons. The van der Waals surface area contributed by atoms with Crippen LogP contribution in [0.15, 0.2) is 23.8 Å². The van der Waals surface area contributed by atoms with Crippen molar-refractivity contribution in [3.63, 3.8) is 0 Å². The van der Waals surface area contributed by atoms with Crippen LogP contribution in [0.5, 0.6) is 0 Å². The summed E-state index contributed by atoms with van der Waals surface area (Å²) in [6.45, 7) is 14.7. The average molecular weight is 427 g/mol. The Morgan fingerprint density at radius 1 is 1.06 bits per heavy atom. The Labute approximate surface area is 190 Å². The van der Waals surface area contributed by atoms with Crippen LogP contribution in [0.25, 0.3) is 0 Å². The highest BCUT2D eigenvalue weighted by Crippen LogP contribution is 2.72. The molecule has 5 rings (SSSR count). The van der Waals surface area contributed by atoms with Gasteiger partial charge in [-0.2, -0.15) is 0 Å². The van der Waals surface area contributed by atoms with Crippen LogP contribution >= 0.6 is 0 Å². The molecule has 1 saturated heterocycles. The first-order valence-corrected chi connectivity index (χ1v) is 13.4. The summed E-state index contributed by atoms with van der Waals surface area (Å²) in [7, 11) is 0. The number of aliphatic hydroxyl groups is 1. The molecule has 2 heteroatoms. The molecule has 1 aliphatic heterocycles. The fourth-order valence-electron chi connectivity index (χ4n) is 9.09. The molecule has 2 nitrogen and oxygen atoms in total. The summed E-state index contributed by atoms with van der Waals surface area (Å²) in [6, 6.07) is 0. The van der Waals surface area contributed by atoms with E-state index >= 15 is 0 Å². The lowest BCUT2D eigenvalue weighted by Crippen LogP contribution is -2.55. The predicted molar refractivity (Wildman–Crippen MR) is 128 cm³/mol. The van der Waals surface area contributed by atoms with Crippen LogP contribution in [-0.4, -0.2) is 22.9 Å². The van der Waals surface area contributed by atoms with Gasteiger partial charge in [-0.25, -0.2) is 0 Å². The predicted octanol–water partition coefficient (Wildman–Crippen LogP) is 6.93. The minimum absolute atomic E-state index is 0.0490. The molecule has 0 aromatic heterocycles. The summed E-state index contributed by atoms with van der Waals surface area (Å²) < 4.78 is 6.44. The number of aliphatic hydroxyl groups excluding tert-OH is 1. The molecule has 0 bridgehead atoms. The molecular formula is C29H46O2. The third kappa shape index (κ3) is 3.10. The average Bonchev–Trinajstić information content (AvgIpc) is 3.29. The van der Waals surface area contributed by atoms with Gasteiger partial charge in [0.25, 0.3) is 0 Å². The summed E-state index contributed by atoms with van der Waals surface area (Å²) in [6.07, 6.45) is 17.4. The number of epoxide rings is 1. The van der Waals surface area contributed by atoms with E-state index in [1.807, 2.05) is 0 Å². The molecule has 1 heterocycles. The largest absolute Gasteiger partial charge is 0.393 e. The van der Waals surface area contributed by atoms with Crippen LogP contribution in [0.3, 0.4) is 0 Å². The van der Waals surface area contributed by atoms with E-state index in [9.17, 15) is 5.11 Å². The topological polar surface area (TPSA) is 32.8 Å². The van der Waals surface area contributed by atoms with E-state index in [2.05, 4.69) is 59.8 Å². The van der Waals surface area contributed by atoms with Gasteiger partial charge in [-0.15, -0.1) is 0 Å². The van der Waals surface area contributed by atoms with Gasteiger partial charge in [-0.05, 0) is 85.9 Å². The first-order valence-electron chi connectivity index (χ1n) is 13.4. The maximum absolute atomic E-state index is 10.4. The molecular weight excluding hydrogens is 380 g/mol. The van der Waals surface area contributed by atoms with Crippen molar-refractivity contribution in [2.75, 3.05) is 0 Å². The van der Waals surface area contributed by atoms with E-state index in [1.165, 1.54) is 32.1 Å². The van der Waals surface area contributed by atoms with Crippen LogP contribution in [0.4, 0.5) is 0 Å². The zero-order chi connectivity index (χ0) is 22.2. The third-order valence-corrected chi connectivity index (χ3v) is 11.2. The molecule has 31 heavy (non-hydrogen) atoms. The minimum Gasteiger partial charge on any atom is -0.393 e. The van der Waals surface area contributed by atoms with Gasteiger partial charge in [0.2, 0.25) is 0 Å². The Kier molecular flexibility index (Phi) is 5.34. The second-order valence-corrected chi connectivity index (χ2v) is 12.8. The highest BCUT2D eigenvalue weighted by Gasteiger charge is 2.73. The van der Waals surface area contributed by atoms with Crippen molar-refractivity contribution in [1.82, 2.24) is 0 Å². The number of hydrogen-bond acceptors (Lipinski definition) is 2. The highest BCUT2D eigenvalue weighted by molar-refractivity contribution is 5.38. The van der Waals surface area contributed by atoms with Crippen molar-refractivity contribution in [3.8, 4) is 0 Å². The van der Waals surface area contributed by atoms with Gasteiger partial charge in [-0.1, -0.05) is 65.3 Å². The maximum Gasteiger partial charge on any atom is 0.107 e. The molecule has 1 spiro atoms. The van der Waals surface area contributed by atoms with Crippen LogP contribution in [0.1, 0.15) is 92.9 Å². The summed E-state index contributed by atoms with van der Waals surface area (Å²) >= 11 is 0. The van der Waals surface area contributed by atoms with Gasteiger partial charge in [0, 0.05) is 11.8 Å². The zero-order valence-corrected chi connectivity index (χ0v) is 20.9. The lowest BCUT2D eigenvalue weighted by Gasteiger charge is -2.56. The van der Waals surface area contributed by atoms with Gasteiger partial charge in [0.1, 0.15) is 11.7 Å². The Hall–Kier alpha value is -0.600. The standard InChI is InChI=1S/C29H46O2/c1-7-20(18(2)3)9-8-19(4)23-10-11-24-22-16-26-29(31-26)17-21(30)12-15-28(29,6)25(22)13-14-27(23,24)5/h8-9,16,18-21,23-26,30H,7,10-15,17H2,1-6H3/b9-8+/t19-,20+,21+,23-,24+,25+,26+,27-,28-,29+/m1/s1. The van der Waals surface area contributed by atoms with E-state index in [0.717, 1.165) is 37.0 Å². The van der Waals surface area contributed by atoms with E-state index in [1.54, 1.807) is 5.57 Å². The highest BCUT2D eigenvalue weighted by atomic mass is 16.6. The molecule has 0 aromatic carbocycles. The van der Waals surface area contributed by atoms with Crippen LogP contribution in [0.2, 0.25) is 0 Å². The van der Waals surface area contributed by atoms with Crippen LogP contribution < -0.4 is 0 Å². The van der Waals surface area contributed by atoms with Crippen molar-refractivity contribution in [3.05, 3.63) is 23.8 Å². The molecule has 0 radical (unpaired) electrons. The first-order chi connectivity index (χ1) is 14.7. The zero-order valence-electron chi connectivity index (χ0n) is 20.9. The molecule has 0 unspecified atom stereocenters. The Morgan fingerprint density at radius 3 is 2.55 bits per heavy atom. The second kappa shape index (κ2) is 7.45. The van der Waals surface area contributed by atoms with Crippen molar-refractivity contribution in [2.45, 2.75) is 111 Å². The molecule has 0 amide bonds. The van der Waals surface area contributed by atoms with E-state index in [4.69, 9.17) is 4.74 Å². The van der Waals surface area contributed by atoms with Crippen molar-refractivity contribution < 1.29 is 9.84 Å². The SMILES string of the molecule is CC[C@@H](/C=C/[C@@H](C)[C@H]1CC[C@H]2C3=C[C@@H]4O[C@@]45C[C@@H](O)CC[C@]5(C)[C@H]3CC[C@]12C)C(C)C. The lowest BCUT2D eigenvalue weighted by atomic mass is 9.47. The molecule has 0 aromatic rings.